The first-order valence-electron chi connectivity index (χ1n) is 6.60. The van der Waals surface area contributed by atoms with E-state index >= 15 is 0 Å². The largest absolute Gasteiger partial charge is 0.444 e. The Morgan fingerprint density at radius 2 is 2.14 bits per heavy atom. The third kappa shape index (κ3) is 4.69. The van der Waals surface area contributed by atoms with Crippen molar-refractivity contribution in [1.29, 1.82) is 0 Å². The summed E-state index contributed by atoms with van der Waals surface area (Å²) in [4.78, 5) is 11.5. The highest BCUT2D eigenvalue weighted by atomic mass is 35.5. The van der Waals surface area contributed by atoms with Gasteiger partial charge in [-0.2, -0.15) is 0 Å². The van der Waals surface area contributed by atoms with Gasteiger partial charge in [-0.1, -0.05) is 28.4 Å². The molecule has 0 aliphatic rings. The molecule has 1 aromatic carbocycles. The van der Waals surface area contributed by atoms with Gasteiger partial charge < -0.3 is 14.6 Å². The summed E-state index contributed by atoms with van der Waals surface area (Å²) in [5, 5.41) is 9.05. The molecule has 120 valence electrons. The summed E-state index contributed by atoms with van der Waals surface area (Å²) in [5.41, 5.74) is 0.00112. The smallest absolute Gasteiger partial charge is 0.407 e. The van der Waals surface area contributed by atoms with Gasteiger partial charge in [0, 0.05) is 17.3 Å². The Kier molecular flexibility index (Phi) is 5.47. The molecule has 0 radical (unpaired) electrons. The molecular weight excluding hydrogens is 347 g/mol. The molecule has 0 atom stereocenters. The van der Waals surface area contributed by atoms with Crippen molar-refractivity contribution in [3.63, 3.8) is 0 Å². The van der Waals surface area contributed by atoms with Crippen LogP contribution < -0.4 is 5.32 Å². The molecule has 2 aromatic rings. The number of ether oxygens (including phenoxy) is 1. The number of hydrogen-bond acceptors (Lipinski definition) is 5. The minimum Gasteiger partial charge on any atom is -0.444 e. The molecule has 0 unspecified atom stereocenters. The third-order valence-corrected chi connectivity index (χ3v) is 3.94. The van der Waals surface area contributed by atoms with E-state index in [1.807, 2.05) is 20.8 Å². The summed E-state index contributed by atoms with van der Waals surface area (Å²) in [6.07, 6.45) is -0.441. The zero-order valence-corrected chi connectivity index (χ0v) is 14.7. The number of nitrogens with zero attached hydrogens (tertiary/aromatic N) is 1. The fraction of sp³-hybridized carbons (Fsp3) is 0.429. The molecule has 22 heavy (non-hydrogen) atoms. The van der Waals surface area contributed by atoms with Gasteiger partial charge in [0.25, 0.3) is 0 Å². The number of carbonyl (C=O) groups is 1. The lowest BCUT2D eigenvalue weighted by Crippen LogP contribution is -2.33. The summed E-state index contributed by atoms with van der Waals surface area (Å²) in [5.74, 6) is 0.616. The fourth-order valence-corrected chi connectivity index (χ4v) is 2.99. The average molecular weight is 363 g/mol. The molecular formula is C14H16Cl2N2O3S. The first-order chi connectivity index (χ1) is 10.3. The van der Waals surface area contributed by atoms with Crippen molar-refractivity contribution < 1.29 is 14.1 Å². The predicted octanol–water partition coefficient (Wildman–Crippen LogP) is 4.75. The normalized spacial score (nSPS) is 11.7. The van der Waals surface area contributed by atoms with E-state index in [0.717, 1.165) is 5.39 Å². The number of nitrogens with one attached hydrogen (secondary N) is 1. The first kappa shape index (κ1) is 17.2. The van der Waals surface area contributed by atoms with Crippen LogP contribution in [0.15, 0.2) is 21.7 Å². The number of rotatable bonds is 4. The van der Waals surface area contributed by atoms with E-state index in [9.17, 15) is 4.79 Å². The van der Waals surface area contributed by atoms with Crippen molar-refractivity contribution in [3.8, 4) is 0 Å². The molecule has 8 heteroatoms. The number of amides is 1. The number of thioether (sulfide) groups is 1. The Hall–Kier alpha value is -1.11. The quantitative estimate of drug-likeness (QED) is 0.627. The highest BCUT2D eigenvalue weighted by molar-refractivity contribution is 7.99. The standard InChI is InChI=1S/C14H16Cl2N2O3S/c1-14(2,3)20-13(19)17-4-5-22-12-9-6-8(15)7-10(16)11(9)21-18-12/h6-7H,4-5H2,1-3H3,(H,17,19). The molecule has 0 aliphatic carbocycles. The predicted molar refractivity (Wildman–Crippen MR) is 89.0 cm³/mol. The van der Waals surface area contributed by atoms with Crippen LogP contribution >= 0.6 is 35.0 Å². The van der Waals surface area contributed by atoms with Gasteiger partial charge in [0.15, 0.2) is 5.58 Å². The van der Waals surface area contributed by atoms with Gasteiger partial charge in [0.1, 0.15) is 10.6 Å². The van der Waals surface area contributed by atoms with E-state index in [2.05, 4.69) is 10.5 Å². The van der Waals surface area contributed by atoms with Crippen molar-refractivity contribution >= 4 is 52.0 Å². The Morgan fingerprint density at radius 3 is 2.82 bits per heavy atom. The van der Waals surface area contributed by atoms with Crippen LogP contribution in [0.25, 0.3) is 11.0 Å². The minimum absolute atomic E-state index is 0.425. The molecule has 1 N–H and O–H groups in total. The van der Waals surface area contributed by atoms with E-state index in [-0.39, 0.29) is 0 Å². The molecule has 0 spiro atoms. The number of hydrogen-bond donors (Lipinski definition) is 1. The number of benzene rings is 1. The van der Waals surface area contributed by atoms with Gasteiger partial charge >= 0.3 is 6.09 Å². The van der Waals surface area contributed by atoms with Gasteiger partial charge in [-0.25, -0.2) is 4.79 Å². The molecule has 0 saturated heterocycles. The lowest BCUT2D eigenvalue weighted by molar-refractivity contribution is 0.0531. The van der Waals surface area contributed by atoms with Crippen LogP contribution in [0.1, 0.15) is 20.8 Å². The lowest BCUT2D eigenvalue weighted by atomic mass is 10.2. The van der Waals surface area contributed by atoms with Crippen molar-refractivity contribution in [2.75, 3.05) is 12.3 Å². The lowest BCUT2D eigenvalue weighted by Gasteiger charge is -2.19. The summed E-state index contributed by atoms with van der Waals surface area (Å²) in [7, 11) is 0. The maximum absolute atomic E-state index is 11.5. The van der Waals surface area contributed by atoms with Crippen molar-refractivity contribution in [3.05, 3.63) is 22.2 Å². The number of aromatic nitrogens is 1. The third-order valence-electron chi connectivity index (χ3n) is 2.47. The number of alkyl carbamates (subject to hydrolysis) is 1. The zero-order valence-electron chi connectivity index (χ0n) is 12.4. The van der Waals surface area contributed by atoms with E-state index in [1.165, 1.54) is 11.8 Å². The molecule has 2 rings (SSSR count). The fourth-order valence-electron chi connectivity index (χ4n) is 1.67. The van der Waals surface area contributed by atoms with Crippen LogP contribution in [0.2, 0.25) is 10.0 Å². The number of halogens is 2. The van der Waals surface area contributed by atoms with Crippen LogP contribution in [0.5, 0.6) is 0 Å². The number of carbonyl (C=O) groups excluding carboxylic acids is 1. The second kappa shape index (κ2) is 6.98. The maximum Gasteiger partial charge on any atom is 0.407 e. The van der Waals surface area contributed by atoms with Crippen LogP contribution in [0.4, 0.5) is 4.79 Å². The van der Waals surface area contributed by atoms with E-state index in [0.29, 0.717) is 33.0 Å². The summed E-state index contributed by atoms with van der Waals surface area (Å²) < 4.78 is 10.4. The van der Waals surface area contributed by atoms with Gasteiger partial charge in [-0.3, -0.25) is 0 Å². The molecule has 0 bridgehead atoms. The van der Waals surface area contributed by atoms with Crippen molar-refractivity contribution in [1.82, 2.24) is 10.5 Å². The van der Waals surface area contributed by atoms with Gasteiger partial charge in [0.05, 0.1) is 10.4 Å². The Bertz CT molecular complexity index is 683. The molecule has 0 saturated carbocycles. The highest BCUT2D eigenvalue weighted by Crippen LogP contribution is 2.34. The highest BCUT2D eigenvalue weighted by Gasteiger charge is 2.16. The molecule has 1 aromatic heterocycles. The molecule has 5 nitrogen and oxygen atoms in total. The second-order valence-corrected chi connectivity index (χ2v) is 7.46. The number of fused-ring (bicyclic) bond motifs is 1. The Morgan fingerprint density at radius 1 is 1.41 bits per heavy atom. The van der Waals surface area contributed by atoms with Gasteiger partial charge in [0.2, 0.25) is 0 Å². The van der Waals surface area contributed by atoms with E-state index < -0.39 is 11.7 Å². The topological polar surface area (TPSA) is 64.4 Å². The van der Waals surface area contributed by atoms with E-state index in [4.69, 9.17) is 32.5 Å². The van der Waals surface area contributed by atoms with Crippen LogP contribution in [0, 0.1) is 0 Å². The SMILES string of the molecule is CC(C)(C)OC(=O)NCCSc1noc2c(Cl)cc(Cl)cc12. The van der Waals surface area contributed by atoms with Crippen LogP contribution in [0.3, 0.4) is 0 Å². The molecule has 1 amide bonds. The molecule has 0 aliphatic heterocycles. The molecule has 1 heterocycles. The van der Waals surface area contributed by atoms with Crippen molar-refractivity contribution in [2.24, 2.45) is 0 Å². The summed E-state index contributed by atoms with van der Waals surface area (Å²) in [6.45, 7) is 5.89. The van der Waals surface area contributed by atoms with E-state index in [1.54, 1.807) is 12.1 Å². The van der Waals surface area contributed by atoms with Crippen molar-refractivity contribution in [2.45, 2.75) is 31.4 Å². The van der Waals surface area contributed by atoms with Gasteiger partial charge in [-0.05, 0) is 32.9 Å². The van der Waals surface area contributed by atoms with Crippen LogP contribution in [-0.4, -0.2) is 29.1 Å². The van der Waals surface area contributed by atoms with Gasteiger partial charge in [-0.15, -0.1) is 11.8 Å². The Labute approximate surface area is 142 Å². The summed E-state index contributed by atoms with van der Waals surface area (Å²) >= 11 is 13.5. The summed E-state index contributed by atoms with van der Waals surface area (Å²) in [6, 6.07) is 3.36. The maximum atomic E-state index is 11.5. The average Bonchev–Trinajstić information content (AvgIpc) is 2.76. The zero-order chi connectivity index (χ0) is 16.3. The van der Waals surface area contributed by atoms with Crippen LogP contribution in [-0.2, 0) is 4.74 Å². The monoisotopic (exact) mass is 362 g/mol. The first-order valence-corrected chi connectivity index (χ1v) is 8.34. The Balaban J connectivity index is 1.89. The molecule has 0 fully saturated rings. The second-order valence-electron chi connectivity index (χ2n) is 5.53. The minimum atomic E-state index is -0.507.